The van der Waals surface area contributed by atoms with Gasteiger partial charge in [0.25, 0.3) is 0 Å². The predicted molar refractivity (Wildman–Crippen MR) is 196 cm³/mol. The standard InChI is InChI=1S/C39H64N4O8/c1-37(2,3)49-34(45)41(27-30-20-25-40(26-21-30)33(44)48-29-31-17-11-10-12-18-31)22-15-16-23-42(35(46)50-38(4,5)6)28-32-19-13-14-24-43(32)36(47)51-39(7,8)9/h10-12,17-18,30,32H,13-16,19-29H2,1-9H3. The molecular formula is C39H64N4O8. The summed E-state index contributed by atoms with van der Waals surface area (Å²) < 4.78 is 22.8. The summed E-state index contributed by atoms with van der Waals surface area (Å²) in [5.41, 5.74) is -0.988. The maximum Gasteiger partial charge on any atom is 0.410 e. The molecule has 1 aromatic rings. The number of hydrogen-bond acceptors (Lipinski definition) is 8. The van der Waals surface area contributed by atoms with E-state index in [1.54, 1.807) is 19.6 Å². The Morgan fingerprint density at radius 1 is 0.667 bits per heavy atom. The van der Waals surface area contributed by atoms with Crippen LogP contribution >= 0.6 is 0 Å². The lowest BCUT2D eigenvalue weighted by atomic mass is 9.96. The number of hydrogen-bond donors (Lipinski definition) is 0. The van der Waals surface area contributed by atoms with Gasteiger partial charge in [0.05, 0.1) is 6.04 Å². The Kier molecular flexibility index (Phi) is 15.3. The summed E-state index contributed by atoms with van der Waals surface area (Å²) in [5, 5.41) is 0. The van der Waals surface area contributed by atoms with Crippen LogP contribution in [0.2, 0.25) is 0 Å². The predicted octanol–water partition coefficient (Wildman–Crippen LogP) is 8.08. The van der Waals surface area contributed by atoms with Crippen LogP contribution in [-0.2, 0) is 25.6 Å². The fourth-order valence-electron chi connectivity index (χ4n) is 6.20. The van der Waals surface area contributed by atoms with Crippen molar-refractivity contribution in [1.82, 2.24) is 19.6 Å². The molecule has 0 saturated carbocycles. The molecule has 288 valence electrons. The molecule has 1 atom stereocenters. The van der Waals surface area contributed by atoms with Crippen molar-refractivity contribution in [2.24, 2.45) is 5.92 Å². The van der Waals surface area contributed by atoms with Gasteiger partial charge in [-0.25, -0.2) is 19.2 Å². The zero-order valence-corrected chi connectivity index (χ0v) is 32.7. The van der Waals surface area contributed by atoms with Crippen molar-refractivity contribution in [3.63, 3.8) is 0 Å². The molecule has 12 heteroatoms. The first-order valence-corrected chi connectivity index (χ1v) is 18.7. The first-order chi connectivity index (χ1) is 23.8. The molecule has 1 aromatic carbocycles. The van der Waals surface area contributed by atoms with Gasteiger partial charge in [-0.2, -0.15) is 0 Å². The Bertz CT molecular complexity index is 1260. The summed E-state index contributed by atoms with van der Waals surface area (Å²) in [4.78, 5) is 59.5. The van der Waals surface area contributed by atoms with E-state index in [4.69, 9.17) is 18.9 Å². The van der Waals surface area contributed by atoms with Crippen LogP contribution in [0.15, 0.2) is 30.3 Å². The minimum Gasteiger partial charge on any atom is -0.445 e. The van der Waals surface area contributed by atoms with Gasteiger partial charge in [0.2, 0.25) is 0 Å². The van der Waals surface area contributed by atoms with Crippen molar-refractivity contribution >= 4 is 24.4 Å². The minimum atomic E-state index is -0.672. The second kappa shape index (κ2) is 18.7. The summed E-state index contributed by atoms with van der Waals surface area (Å²) in [7, 11) is 0. The van der Waals surface area contributed by atoms with Crippen LogP contribution in [0, 0.1) is 5.92 Å². The third-order valence-electron chi connectivity index (χ3n) is 8.65. The number of amides is 4. The summed E-state index contributed by atoms with van der Waals surface area (Å²) >= 11 is 0. The molecule has 0 aliphatic carbocycles. The summed E-state index contributed by atoms with van der Waals surface area (Å²) in [5.74, 6) is 0.207. The topological polar surface area (TPSA) is 118 Å². The van der Waals surface area contributed by atoms with Crippen LogP contribution in [-0.4, -0.2) is 113 Å². The van der Waals surface area contributed by atoms with E-state index in [0.717, 1.165) is 37.7 Å². The van der Waals surface area contributed by atoms with Crippen molar-refractivity contribution < 1.29 is 38.1 Å². The molecule has 0 radical (unpaired) electrons. The van der Waals surface area contributed by atoms with E-state index < -0.39 is 22.9 Å². The number of unbranched alkanes of at least 4 members (excludes halogenated alkanes) is 1. The quantitative estimate of drug-likeness (QED) is 0.167. The van der Waals surface area contributed by atoms with Crippen LogP contribution in [0.1, 0.15) is 113 Å². The first kappa shape index (κ1) is 41.7. The summed E-state index contributed by atoms with van der Waals surface area (Å²) in [6.45, 7) is 20.3. The van der Waals surface area contributed by atoms with E-state index >= 15 is 0 Å². The van der Waals surface area contributed by atoms with E-state index in [2.05, 4.69) is 0 Å². The van der Waals surface area contributed by atoms with Crippen LogP contribution in [0.5, 0.6) is 0 Å². The number of carbonyl (C=O) groups excluding carboxylic acids is 4. The van der Waals surface area contributed by atoms with Gasteiger partial charge in [0, 0.05) is 45.8 Å². The number of ether oxygens (including phenoxy) is 4. The largest absolute Gasteiger partial charge is 0.445 e. The Morgan fingerprint density at radius 2 is 1.20 bits per heavy atom. The maximum absolute atomic E-state index is 13.4. The van der Waals surface area contributed by atoms with Crippen molar-refractivity contribution in [2.45, 2.75) is 137 Å². The van der Waals surface area contributed by atoms with Gasteiger partial charge in [-0.1, -0.05) is 30.3 Å². The Morgan fingerprint density at radius 3 is 1.73 bits per heavy atom. The molecule has 2 fully saturated rings. The normalized spacial score (nSPS) is 17.4. The Hall–Kier alpha value is -3.70. The number of likely N-dealkylation sites (tertiary alicyclic amines) is 2. The van der Waals surface area contributed by atoms with E-state index in [1.807, 2.05) is 92.6 Å². The number of rotatable bonds is 11. The number of benzene rings is 1. The monoisotopic (exact) mass is 716 g/mol. The molecule has 2 aliphatic heterocycles. The molecule has 0 N–H and O–H groups in total. The molecule has 4 amide bonds. The Balaban J connectivity index is 1.59. The number of piperidine rings is 2. The van der Waals surface area contributed by atoms with E-state index in [1.165, 1.54) is 0 Å². The summed E-state index contributed by atoms with van der Waals surface area (Å²) in [6, 6.07) is 9.44. The maximum atomic E-state index is 13.4. The molecule has 0 aromatic heterocycles. The van der Waals surface area contributed by atoms with Crippen molar-refractivity contribution in [2.75, 3.05) is 45.8 Å². The highest BCUT2D eigenvalue weighted by molar-refractivity contribution is 5.70. The number of nitrogens with zero attached hydrogens (tertiary/aromatic N) is 4. The van der Waals surface area contributed by atoms with E-state index in [0.29, 0.717) is 58.7 Å². The minimum absolute atomic E-state index is 0.180. The lowest BCUT2D eigenvalue weighted by Crippen LogP contribution is -2.52. The molecule has 12 nitrogen and oxygen atoms in total. The van der Waals surface area contributed by atoms with E-state index in [-0.39, 0.29) is 36.8 Å². The van der Waals surface area contributed by atoms with Gasteiger partial charge in [-0.15, -0.1) is 0 Å². The second-order valence-electron chi connectivity index (χ2n) is 16.9. The van der Waals surface area contributed by atoms with Gasteiger partial charge >= 0.3 is 24.4 Å². The molecule has 0 bridgehead atoms. The molecule has 0 spiro atoms. The van der Waals surface area contributed by atoms with Gasteiger partial charge in [0.1, 0.15) is 23.4 Å². The molecule has 2 aliphatic rings. The third kappa shape index (κ3) is 15.6. The van der Waals surface area contributed by atoms with Crippen molar-refractivity contribution in [3.8, 4) is 0 Å². The zero-order valence-electron chi connectivity index (χ0n) is 32.7. The average molecular weight is 717 g/mol. The molecule has 2 saturated heterocycles. The smallest absolute Gasteiger partial charge is 0.410 e. The van der Waals surface area contributed by atoms with Gasteiger partial charge < -0.3 is 38.5 Å². The second-order valence-corrected chi connectivity index (χ2v) is 16.9. The van der Waals surface area contributed by atoms with Gasteiger partial charge in [-0.3, -0.25) is 0 Å². The first-order valence-electron chi connectivity index (χ1n) is 18.7. The van der Waals surface area contributed by atoms with Crippen LogP contribution in [0.4, 0.5) is 19.2 Å². The third-order valence-corrected chi connectivity index (χ3v) is 8.65. The Labute approximate surface area is 306 Å². The van der Waals surface area contributed by atoms with E-state index in [9.17, 15) is 19.2 Å². The SMILES string of the molecule is CC(C)(C)OC(=O)N(CCCCN(CC1CCCCN1C(=O)OC(C)(C)C)C(=O)OC(C)(C)C)CC1CCN(C(=O)OCc2ccccc2)CC1. The number of carbonyl (C=O) groups is 4. The molecule has 3 rings (SSSR count). The van der Waals surface area contributed by atoms with Gasteiger partial charge in [0.15, 0.2) is 0 Å². The zero-order chi connectivity index (χ0) is 37.8. The fraction of sp³-hybridized carbons (Fsp3) is 0.744. The molecular weight excluding hydrogens is 652 g/mol. The van der Waals surface area contributed by atoms with Crippen LogP contribution in [0.3, 0.4) is 0 Å². The highest BCUT2D eigenvalue weighted by atomic mass is 16.6. The highest BCUT2D eigenvalue weighted by Crippen LogP contribution is 2.24. The fourth-order valence-corrected chi connectivity index (χ4v) is 6.20. The molecule has 2 heterocycles. The van der Waals surface area contributed by atoms with Crippen LogP contribution < -0.4 is 0 Å². The van der Waals surface area contributed by atoms with Crippen LogP contribution in [0.25, 0.3) is 0 Å². The lowest BCUT2D eigenvalue weighted by molar-refractivity contribution is -0.00358. The highest BCUT2D eigenvalue weighted by Gasteiger charge is 2.34. The van der Waals surface area contributed by atoms with Crippen molar-refractivity contribution in [3.05, 3.63) is 35.9 Å². The molecule has 1 unspecified atom stereocenters. The summed E-state index contributed by atoms with van der Waals surface area (Å²) in [6.07, 6.45) is 3.93. The van der Waals surface area contributed by atoms with Gasteiger partial charge in [-0.05, 0) is 119 Å². The lowest BCUT2D eigenvalue weighted by Gasteiger charge is -2.39. The average Bonchev–Trinajstić information content (AvgIpc) is 3.03. The molecule has 51 heavy (non-hydrogen) atoms. The van der Waals surface area contributed by atoms with Crippen molar-refractivity contribution in [1.29, 1.82) is 0 Å².